The third kappa shape index (κ3) is 4.79. The standard InChI is InChI=1S/C45H27N3OS/c1-3-12-28(13-4-1)30-16-9-17-31(26-30)43-46-44(48-45(47-43)36-21-10-20-35-34-18-7-8-23-40(34)50-42(35)36)32-24-25-38-37(27-32)41-33(19-11-22-39(41)49-38)29-14-5-2-6-15-29/h1-27H. The minimum Gasteiger partial charge on any atom is -0.456 e. The first-order chi connectivity index (χ1) is 24.8. The average molecular weight is 658 g/mol. The number of hydrogen-bond donors (Lipinski definition) is 0. The van der Waals surface area contributed by atoms with Gasteiger partial charge >= 0.3 is 0 Å². The highest BCUT2D eigenvalue weighted by Gasteiger charge is 2.19. The molecule has 0 spiro atoms. The van der Waals surface area contributed by atoms with Crippen molar-refractivity contribution in [2.45, 2.75) is 0 Å². The van der Waals surface area contributed by atoms with Gasteiger partial charge in [-0.15, -0.1) is 11.3 Å². The van der Waals surface area contributed by atoms with Gasteiger partial charge in [-0.3, -0.25) is 0 Å². The zero-order chi connectivity index (χ0) is 33.0. The highest BCUT2D eigenvalue weighted by Crippen LogP contribution is 2.41. The van der Waals surface area contributed by atoms with E-state index in [1.165, 1.54) is 20.2 Å². The molecule has 5 heteroatoms. The maximum absolute atomic E-state index is 6.37. The summed E-state index contributed by atoms with van der Waals surface area (Å²) in [4.78, 5) is 15.5. The molecule has 0 bridgehead atoms. The maximum Gasteiger partial charge on any atom is 0.165 e. The van der Waals surface area contributed by atoms with Crippen LogP contribution in [0.3, 0.4) is 0 Å². The molecule has 0 unspecified atom stereocenters. The lowest BCUT2D eigenvalue weighted by molar-refractivity contribution is 0.669. The number of aromatic nitrogens is 3. The monoisotopic (exact) mass is 657 g/mol. The van der Waals surface area contributed by atoms with Crippen molar-refractivity contribution in [2.75, 3.05) is 0 Å². The molecule has 3 aromatic heterocycles. The minimum absolute atomic E-state index is 0.613. The van der Waals surface area contributed by atoms with Gasteiger partial charge in [-0.05, 0) is 64.7 Å². The maximum atomic E-state index is 6.37. The zero-order valence-corrected chi connectivity index (χ0v) is 27.6. The number of benzene rings is 7. The van der Waals surface area contributed by atoms with Gasteiger partial charge in [0.05, 0.1) is 0 Å². The number of fused-ring (bicyclic) bond motifs is 6. The van der Waals surface area contributed by atoms with Gasteiger partial charge in [-0.1, -0.05) is 121 Å². The summed E-state index contributed by atoms with van der Waals surface area (Å²) in [6, 6.07) is 56.8. The van der Waals surface area contributed by atoms with Crippen LogP contribution < -0.4 is 0 Å². The molecule has 0 aliphatic carbocycles. The van der Waals surface area contributed by atoms with Gasteiger partial charge in [-0.25, -0.2) is 15.0 Å². The van der Waals surface area contributed by atoms with Crippen molar-refractivity contribution < 1.29 is 4.42 Å². The Bertz CT molecular complexity index is 2870. The van der Waals surface area contributed by atoms with Crippen LogP contribution in [0.5, 0.6) is 0 Å². The smallest absolute Gasteiger partial charge is 0.165 e. The fraction of sp³-hybridized carbons (Fsp3) is 0. The van der Waals surface area contributed by atoms with Crippen molar-refractivity contribution in [2.24, 2.45) is 0 Å². The molecule has 10 aromatic rings. The summed E-state index contributed by atoms with van der Waals surface area (Å²) in [7, 11) is 0. The lowest BCUT2D eigenvalue weighted by atomic mass is 9.99. The zero-order valence-electron chi connectivity index (χ0n) is 26.7. The molecule has 0 saturated carbocycles. The first-order valence-corrected chi connectivity index (χ1v) is 17.4. The Kier molecular flexibility index (Phi) is 6.64. The lowest BCUT2D eigenvalue weighted by Gasteiger charge is -2.10. The molecule has 7 aromatic carbocycles. The third-order valence-corrected chi connectivity index (χ3v) is 10.6. The predicted octanol–water partition coefficient (Wildman–Crippen LogP) is 12.5. The summed E-state index contributed by atoms with van der Waals surface area (Å²) < 4.78 is 8.78. The summed E-state index contributed by atoms with van der Waals surface area (Å²) in [5, 5.41) is 4.55. The van der Waals surface area contributed by atoms with E-state index >= 15 is 0 Å². The van der Waals surface area contributed by atoms with E-state index < -0.39 is 0 Å². The van der Waals surface area contributed by atoms with Gasteiger partial charge < -0.3 is 4.42 Å². The quantitative estimate of drug-likeness (QED) is 0.185. The van der Waals surface area contributed by atoms with Gasteiger partial charge in [0.25, 0.3) is 0 Å². The second-order valence-electron chi connectivity index (χ2n) is 12.4. The summed E-state index contributed by atoms with van der Waals surface area (Å²) in [5.74, 6) is 1.89. The molecule has 0 saturated heterocycles. The highest BCUT2D eigenvalue weighted by atomic mass is 32.1. The van der Waals surface area contributed by atoms with Gasteiger partial charge in [0.1, 0.15) is 11.2 Å². The van der Waals surface area contributed by atoms with Gasteiger partial charge in [-0.2, -0.15) is 0 Å². The van der Waals surface area contributed by atoms with E-state index in [1.54, 1.807) is 11.3 Å². The normalized spacial score (nSPS) is 11.6. The van der Waals surface area contributed by atoms with E-state index in [2.05, 4.69) is 140 Å². The Morgan fingerprint density at radius 1 is 0.380 bits per heavy atom. The summed E-state index contributed by atoms with van der Waals surface area (Å²) in [6.07, 6.45) is 0. The van der Waals surface area contributed by atoms with Crippen LogP contribution in [-0.4, -0.2) is 15.0 Å². The molecular weight excluding hydrogens is 631 g/mol. The molecule has 10 rings (SSSR count). The fourth-order valence-electron chi connectivity index (χ4n) is 6.97. The van der Waals surface area contributed by atoms with Crippen molar-refractivity contribution in [3.63, 3.8) is 0 Å². The van der Waals surface area contributed by atoms with E-state index in [9.17, 15) is 0 Å². The van der Waals surface area contributed by atoms with Crippen LogP contribution in [0.2, 0.25) is 0 Å². The number of thiophene rings is 1. The van der Waals surface area contributed by atoms with Crippen molar-refractivity contribution in [1.82, 2.24) is 15.0 Å². The van der Waals surface area contributed by atoms with E-state index in [0.717, 1.165) is 60.9 Å². The van der Waals surface area contributed by atoms with Crippen molar-refractivity contribution in [1.29, 1.82) is 0 Å². The van der Waals surface area contributed by atoms with Crippen LogP contribution in [0.25, 0.3) is 98.5 Å². The van der Waals surface area contributed by atoms with Gasteiger partial charge in [0.2, 0.25) is 0 Å². The SMILES string of the molecule is c1ccc(-c2cccc(-c3nc(-c4ccc5oc6cccc(-c7ccccc7)c6c5c4)nc(-c4cccc5c4sc4ccccc45)n3)c2)cc1. The molecule has 50 heavy (non-hydrogen) atoms. The molecule has 3 heterocycles. The van der Waals surface area contributed by atoms with Crippen molar-refractivity contribution >= 4 is 53.4 Å². The van der Waals surface area contributed by atoms with E-state index in [-0.39, 0.29) is 0 Å². The first kappa shape index (κ1) is 28.6. The molecule has 0 radical (unpaired) electrons. The summed E-state index contributed by atoms with van der Waals surface area (Å²) in [6.45, 7) is 0. The molecule has 0 N–H and O–H groups in total. The second-order valence-corrected chi connectivity index (χ2v) is 13.4. The summed E-state index contributed by atoms with van der Waals surface area (Å²) in [5.41, 5.74) is 9.03. The van der Waals surface area contributed by atoms with E-state index in [4.69, 9.17) is 19.4 Å². The van der Waals surface area contributed by atoms with Crippen LogP contribution in [0.4, 0.5) is 0 Å². The summed E-state index contributed by atoms with van der Waals surface area (Å²) >= 11 is 1.78. The third-order valence-electron chi connectivity index (χ3n) is 9.35. The molecule has 4 nitrogen and oxygen atoms in total. The Morgan fingerprint density at radius 2 is 1.00 bits per heavy atom. The molecule has 0 atom stereocenters. The topological polar surface area (TPSA) is 51.8 Å². The molecule has 0 aliphatic heterocycles. The predicted molar refractivity (Wildman–Crippen MR) is 207 cm³/mol. The number of furan rings is 1. The number of nitrogens with zero attached hydrogens (tertiary/aromatic N) is 3. The molecular formula is C45H27N3OS. The van der Waals surface area contributed by atoms with Crippen molar-refractivity contribution in [3.05, 3.63) is 164 Å². The number of hydrogen-bond acceptors (Lipinski definition) is 5. The second kappa shape index (κ2) is 11.6. The van der Waals surface area contributed by atoms with Crippen LogP contribution in [0.15, 0.2) is 168 Å². The Labute approximate surface area is 292 Å². The van der Waals surface area contributed by atoms with E-state index in [1.807, 2.05) is 24.3 Å². The van der Waals surface area contributed by atoms with Crippen LogP contribution >= 0.6 is 11.3 Å². The molecule has 234 valence electrons. The fourth-order valence-corrected chi connectivity index (χ4v) is 8.18. The Hall–Kier alpha value is -6.43. The Morgan fingerprint density at radius 3 is 1.84 bits per heavy atom. The van der Waals surface area contributed by atoms with E-state index in [0.29, 0.717) is 17.5 Å². The first-order valence-electron chi connectivity index (χ1n) is 16.6. The van der Waals surface area contributed by atoms with Gasteiger partial charge in [0, 0.05) is 47.6 Å². The molecule has 0 amide bonds. The van der Waals surface area contributed by atoms with Crippen LogP contribution in [0.1, 0.15) is 0 Å². The van der Waals surface area contributed by atoms with Gasteiger partial charge in [0.15, 0.2) is 17.5 Å². The van der Waals surface area contributed by atoms with Crippen LogP contribution in [-0.2, 0) is 0 Å². The highest BCUT2D eigenvalue weighted by molar-refractivity contribution is 7.26. The number of rotatable bonds is 5. The van der Waals surface area contributed by atoms with Crippen LogP contribution in [0, 0.1) is 0 Å². The minimum atomic E-state index is 0.613. The lowest BCUT2D eigenvalue weighted by Crippen LogP contribution is -2.00. The van der Waals surface area contributed by atoms with Crippen molar-refractivity contribution in [3.8, 4) is 56.4 Å². The largest absolute Gasteiger partial charge is 0.456 e. The Balaban J connectivity index is 1.21. The molecule has 0 aliphatic rings. The average Bonchev–Trinajstić information content (AvgIpc) is 3.77. The molecule has 0 fully saturated rings.